The van der Waals surface area contributed by atoms with E-state index in [9.17, 15) is 0 Å². The van der Waals surface area contributed by atoms with Gasteiger partial charge in [0.15, 0.2) is 0 Å². The van der Waals surface area contributed by atoms with Gasteiger partial charge in [0.05, 0.1) is 28.1 Å². The molecule has 0 spiro atoms. The summed E-state index contributed by atoms with van der Waals surface area (Å²) in [6, 6.07) is 137. The van der Waals surface area contributed by atoms with Gasteiger partial charge in [-0.25, -0.2) is 0 Å². The number of aromatic nitrogens is 1. The Morgan fingerprint density at radius 3 is 1.02 bits per heavy atom. The molecule has 0 fully saturated rings. The summed E-state index contributed by atoms with van der Waals surface area (Å²) in [5, 5.41) is 9.41. The average molecular weight is 1420 g/mol. The second-order valence-corrected chi connectivity index (χ2v) is 32.2. The van der Waals surface area contributed by atoms with Crippen LogP contribution in [0, 0.1) is 0 Å². The van der Waals surface area contributed by atoms with Crippen molar-refractivity contribution in [2.45, 2.75) is 52.4 Å². The van der Waals surface area contributed by atoms with Crippen LogP contribution in [0.5, 0.6) is 0 Å². The summed E-state index contributed by atoms with van der Waals surface area (Å²) < 4.78 is 9.14. The van der Waals surface area contributed by atoms with E-state index >= 15 is 0 Å². The SMILES string of the molecule is CC(C)(C)c1cc(-c2ccccc2)c(N2c3cc(-c4ccc5oc6ccccc6c5c4)ccc3B3c4ccc(-c5c6ccccc6c(-c6ccccc6)c6ccccc56)cc4N(c4c(-c5ccccc5)cc(C(C)(C)C)cc4-c4ccccc4)c4cc(-n5c6ccccc6c6ccccc65)cc2c43)c(-c2ccccc2)c1. The Bertz CT molecular complexity index is 6730. The molecule has 526 valence electrons. The molecule has 0 N–H and O–H groups in total. The van der Waals surface area contributed by atoms with Crippen LogP contribution in [0.4, 0.5) is 34.1 Å². The second kappa shape index (κ2) is 25.6. The maximum atomic E-state index is 6.58. The van der Waals surface area contributed by atoms with Crippen LogP contribution in [0.15, 0.2) is 368 Å². The van der Waals surface area contributed by atoms with E-state index in [-0.39, 0.29) is 17.5 Å². The minimum absolute atomic E-state index is 0.226. The Kier molecular flexibility index (Phi) is 15.2. The molecule has 0 atom stereocenters. The number of hydrogen-bond donors (Lipinski definition) is 0. The van der Waals surface area contributed by atoms with Gasteiger partial charge >= 0.3 is 0 Å². The quantitative estimate of drug-likeness (QED) is 0.101. The third-order valence-electron chi connectivity index (χ3n) is 23.6. The van der Waals surface area contributed by atoms with E-state index in [4.69, 9.17) is 4.42 Å². The smallest absolute Gasteiger partial charge is 0.252 e. The predicted octanol–water partition coefficient (Wildman–Crippen LogP) is 27.3. The first-order valence-electron chi connectivity index (χ1n) is 38.9. The molecule has 21 rings (SSSR count). The molecule has 0 saturated carbocycles. The molecule has 0 saturated heterocycles. The van der Waals surface area contributed by atoms with Crippen molar-refractivity contribution in [2.75, 3.05) is 9.80 Å². The van der Waals surface area contributed by atoms with E-state index in [1.165, 1.54) is 76.5 Å². The maximum absolute atomic E-state index is 6.58. The molecule has 2 aliphatic heterocycles. The third kappa shape index (κ3) is 10.7. The second-order valence-electron chi connectivity index (χ2n) is 32.2. The summed E-state index contributed by atoms with van der Waals surface area (Å²) >= 11 is 0. The lowest BCUT2D eigenvalue weighted by atomic mass is 9.33. The summed E-state index contributed by atoms with van der Waals surface area (Å²) in [5.41, 5.74) is 33.4. The molecule has 4 heterocycles. The zero-order chi connectivity index (χ0) is 74.4. The number of fused-ring (bicyclic) bond motifs is 12. The summed E-state index contributed by atoms with van der Waals surface area (Å²) in [4.78, 5) is 5.46. The normalized spacial score (nSPS) is 12.7. The van der Waals surface area contributed by atoms with Crippen LogP contribution >= 0.6 is 0 Å². The van der Waals surface area contributed by atoms with Crippen LogP contribution in [-0.4, -0.2) is 11.3 Å². The van der Waals surface area contributed by atoms with E-state index in [0.29, 0.717) is 0 Å². The topological polar surface area (TPSA) is 24.6 Å². The number of para-hydroxylation sites is 3. The van der Waals surface area contributed by atoms with Crippen molar-refractivity contribution in [3.05, 3.63) is 375 Å². The van der Waals surface area contributed by atoms with Crippen molar-refractivity contribution in [1.82, 2.24) is 4.57 Å². The van der Waals surface area contributed by atoms with Gasteiger partial charge in [-0.15, -0.1) is 0 Å². The minimum atomic E-state index is -0.305. The van der Waals surface area contributed by atoms with Crippen LogP contribution in [0.1, 0.15) is 52.7 Å². The van der Waals surface area contributed by atoms with Gasteiger partial charge in [0.25, 0.3) is 6.71 Å². The first kappa shape index (κ1) is 65.8. The van der Waals surface area contributed by atoms with Crippen molar-refractivity contribution in [2.24, 2.45) is 0 Å². The molecule has 0 radical (unpaired) electrons. The molecule has 2 aromatic heterocycles. The van der Waals surface area contributed by atoms with Gasteiger partial charge in [0.1, 0.15) is 11.2 Å². The molecule has 0 amide bonds. The zero-order valence-electron chi connectivity index (χ0n) is 63.0. The van der Waals surface area contributed by atoms with E-state index < -0.39 is 0 Å². The summed E-state index contributed by atoms with van der Waals surface area (Å²) in [7, 11) is 0. The number of hydrogen-bond acceptors (Lipinski definition) is 3. The molecule has 0 unspecified atom stereocenters. The average Bonchev–Trinajstić information content (AvgIpc) is 1.24. The fourth-order valence-corrected chi connectivity index (χ4v) is 18.4. The van der Waals surface area contributed by atoms with Crippen LogP contribution in [0.2, 0.25) is 0 Å². The van der Waals surface area contributed by atoms with Gasteiger partial charge in [-0.3, -0.25) is 0 Å². The third-order valence-corrected chi connectivity index (χ3v) is 23.6. The lowest BCUT2D eigenvalue weighted by molar-refractivity contribution is 0.590. The number of furan rings is 1. The first-order chi connectivity index (χ1) is 54.4. The van der Waals surface area contributed by atoms with Crippen molar-refractivity contribution in [3.63, 3.8) is 0 Å². The van der Waals surface area contributed by atoms with E-state index in [1.54, 1.807) is 0 Å². The monoisotopic (exact) mass is 1420 g/mol. The van der Waals surface area contributed by atoms with Crippen molar-refractivity contribution in [3.8, 4) is 83.6 Å². The summed E-state index contributed by atoms with van der Waals surface area (Å²) in [6.07, 6.45) is 0. The van der Waals surface area contributed by atoms with E-state index in [1.807, 2.05) is 0 Å². The van der Waals surface area contributed by atoms with Crippen LogP contribution in [0.25, 0.3) is 149 Å². The predicted molar refractivity (Wildman–Crippen MR) is 473 cm³/mol. The van der Waals surface area contributed by atoms with Gasteiger partial charge in [-0.1, -0.05) is 327 Å². The maximum Gasteiger partial charge on any atom is 0.252 e. The van der Waals surface area contributed by atoms with Crippen LogP contribution in [0.3, 0.4) is 0 Å². The van der Waals surface area contributed by atoms with Crippen LogP contribution < -0.4 is 26.2 Å². The number of benzene rings is 17. The minimum Gasteiger partial charge on any atom is -0.456 e. The Morgan fingerprint density at radius 2 is 0.586 bits per heavy atom. The van der Waals surface area contributed by atoms with E-state index in [2.05, 4.69) is 420 Å². The lowest BCUT2D eigenvalue weighted by Crippen LogP contribution is -2.61. The highest BCUT2D eigenvalue weighted by Gasteiger charge is 2.46. The van der Waals surface area contributed by atoms with Crippen molar-refractivity contribution in [1.29, 1.82) is 0 Å². The highest BCUT2D eigenvalue weighted by atomic mass is 16.3. The molecule has 19 aromatic rings. The standard InChI is InChI=1S/C106H78BN3O/c1-105(2,3)75-61-85(67-32-12-7-13-33-67)103(86(62-75)68-34-14-8-15-35-68)109-94-59-73(72-54-57-99-89(58-72)80-44-28-31-51-98(80)111-99)52-55-90(94)107-91-56-53-74(101-83-47-24-22-45-81(83)100(71-40-20-11-21-41-71)82-46-23-25-48-84(82)101)60-95(91)110(97-66-77(65-96(109)102(97)107)108-92-49-29-26-42-78(92)79-43-27-30-50-93(79)108)104-87(69-36-16-9-17-37-69)63-76(106(4,5)6)64-88(104)70-38-18-10-19-39-70/h7-66H,1-6H3. The highest BCUT2D eigenvalue weighted by molar-refractivity contribution is 7.00. The molecule has 5 heteroatoms. The Balaban J connectivity index is 0.967. The molecule has 0 bridgehead atoms. The lowest BCUT2D eigenvalue weighted by Gasteiger charge is -2.46. The van der Waals surface area contributed by atoms with Crippen LogP contribution in [-0.2, 0) is 10.8 Å². The fourth-order valence-electron chi connectivity index (χ4n) is 18.4. The Labute approximate surface area is 648 Å². The molecule has 111 heavy (non-hydrogen) atoms. The van der Waals surface area contributed by atoms with E-state index in [0.717, 1.165) is 134 Å². The zero-order valence-corrected chi connectivity index (χ0v) is 63.0. The molecule has 2 aliphatic rings. The first-order valence-corrected chi connectivity index (χ1v) is 38.9. The molecular weight excluding hydrogens is 1340 g/mol. The summed E-state index contributed by atoms with van der Waals surface area (Å²) in [6.45, 7) is 13.8. The fraction of sp³-hybridized carbons (Fsp3) is 0.0755. The van der Waals surface area contributed by atoms with Crippen molar-refractivity contribution < 1.29 is 4.42 Å². The van der Waals surface area contributed by atoms with Gasteiger partial charge in [0, 0.05) is 66.5 Å². The summed E-state index contributed by atoms with van der Waals surface area (Å²) in [5.74, 6) is 0. The Hall–Kier alpha value is -13.5. The molecular formula is C106H78BN3O. The molecule has 4 nitrogen and oxygen atoms in total. The van der Waals surface area contributed by atoms with Crippen molar-refractivity contribution >= 4 is 123 Å². The largest absolute Gasteiger partial charge is 0.456 e. The molecule has 17 aromatic carbocycles. The van der Waals surface area contributed by atoms with Gasteiger partial charge in [0.2, 0.25) is 0 Å². The number of nitrogens with zero attached hydrogens (tertiary/aromatic N) is 3. The highest BCUT2D eigenvalue weighted by Crippen LogP contribution is 2.57. The van der Waals surface area contributed by atoms with Gasteiger partial charge in [-0.05, 0) is 194 Å². The number of rotatable bonds is 10. The van der Waals surface area contributed by atoms with Gasteiger partial charge in [-0.2, -0.15) is 0 Å². The Morgan fingerprint density at radius 1 is 0.252 bits per heavy atom. The van der Waals surface area contributed by atoms with Gasteiger partial charge < -0.3 is 18.8 Å². The molecule has 0 aliphatic carbocycles. The number of anilines is 6.